The molecular formula is C24H27N5O2S. The molecule has 0 spiro atoms. The molecule has 0 aliphatic carbocycles. The summed E-state index contributed by atoms with van der Waals surface area (Å²) in [5.74, 6) is 1.96. The van der Waals surface area contributed by atoms with Gasteiger partial charge in [0, 0.05) is 17.0 Å². The lowest BCUT2D eigenvalue weighted by Crippen LogP contribution is -2.31. The number of rotatable bonds is 7. The summed E-state index contributed by atoms with van der Waals surface area (Å²) in [4.78, 5) is 25.8. The number of likely N-dealkylation sites (N-methyl/N-ethyl adjacent to an activating group) is 1. The zero-order chi connectivity index (χ0) is 23.0. The maximum Gasteiger partial charge on any atom is 0.272 e. The fourth-order valence-electron chi connectivity index (χ4n) is 3.56. The van der Waals surface area contributed by atoms with Crippen LogP contribution in [0.2, 0.25) is 0 Å². The van der Waals surface area contributed by atoms with E-state index < -0.39 is 0 Å². The topological polar surface area (TPSA) is 70.6 Å². The fraction of sp³-hybridized carbons (Fsp3) is 0.292. The molecule has 1 aliphatic heterocycles. The molecule has 3 heterocycles. The van der Waals surface area contributed by atoms with Gasteiger partial charge in [-0.25, -0.2) is 15.0 Å². The number of thiophene rings is 1. The van der Waals surface area contributed by atoms with Gasteiger partial charge in [-0.3, -0.25) is 10.2 Å². The second kappa shape index (κ2) is 8.72. The van der Waals surface area contributed by atoms with Gasteiger partial charge in [-0.2, -0.15) is 0 Å². The maximum atomic E-state index is 12.5. The number of hydrogen-bond acceptors (Lipinski definition) is 7. The molecule has 0 unspecified atom stereocenters. The number of amides is 1. The first kappa shape index (κ1) is 22.0. The lowest BCUT2D eigenvalue weighted by atomic mass is 10.1. The Kier molecular flexibility index (Phi) is 5.99. The molecule has 0 fully saturated rings. The van der Waals surface area contributed by atoms with Gasteiger partial charge in [0.25, 0.3) is 5.91 Å². The molecule has 1 N–H and O–H groups in total. The van der Waals surface area contributed by atoms with E-state index in [1.165, 1.54) is 5.01 Å². The number of aryl methyl sites for hydroxylation is 2. The summed E-state index contributed by atoms with van der Waals surface area (Å²) in [6, 6.07) is 8.11. The van der Waals surface area contributed by atoms with Crippen LogP contribution in [0.25, 0.3) is 20.7 Å². The van der Waals surface area contributed by atoms with Crippen molar-refractivity contribution >= 4 is 33.3 Å². The normalized spacial score (nSPS) is 13.9. The first-order valence-electron chi connectivity index (χ1n) is 10.4. The van der Waals surface area contributed by atoms with Gasteiger partial charge in [-0.1, -0.05) is 6.58 Å². The third-order valence-electron chi connectivity index (χ3n) is 5.25. The summed E-state index contributed by atoms with van der Waals surface area (Å²) in [6.07, 6.45) is 1.76. The number of nitrogens with zero attached hydrogens (tertiary/aromatic N) is 4. The number of hydrazine groups is 1. The molecule has 1 amide bonds. The summed E-state index contributed by atoms with van der Waals surface area (Å²) in [6.45, 7) is 11.2. The number of hydrogen-bond donors (Lipinski definition) is 1. The van der Waals surface area contributed by atoms with Gasteiger partial charge in [0.1, 0.15) is 23.0 Å². The Morgan fingerprint density at radius 1 is 1.16 bits per heavy atom. The van der Waals surface area contributed by atoms with Crippen molar-refractivity contribution < 1.29 is 9.53 Å². The molecule has 32 heavy (non-hydrogen) atoms. The molecule has 0 radical (unpaired) electrons. The quantitative estimate of drug-likeness (QED) is 0.571. The number of anilines is 1. The van der Waals surface area contributed by atoms with Crippen LogP contribution in [0.4, 0.5) is 5.82 Å². The van der Waals surface area contributed by atoms with Crippen LogP contribution in [0.1, 0.15) is 18.3 Å². The van der Waals surface area contributed by atoms with Gasteiger partial charge >= 0.3 is 0 Å². The molecule has 3 aromatic rings. The summed E-state index contributed by atoms with van der Waals surface area (Å²) >= 11 is 1.62. The number of carbonyl (C=O) groups is 1. The molecule has 8 heteroatoms. The molecule has 7 nitrogen and oxygen atoms in total. The largest absolute Gasteiger partial charge is 0.492 e. The Morgan fingerprint density at radius 2 is 1.88 bits per heavy atom. The molecule has 4 rings (SSSR count). The van der Waals surface area contributed by atoms with Crippen LogP contribution in [0.3, 0.4) is 0 Å². The van der Waals surface area contributed by atoms with Crippen LogP contribution < -0.4 is 10.2 Å². The Hall–Kier alpha value is -3.23. The maximum absolute atomic E-state index is 12.5. The SMILES string of the molecule is C=C1C=C(C)C(=O)N1Nc1nc(C)nc2sc(-c3ccc(OCCN(C)C)cc3)c(C)c12. The zero-order valence-electron chi connectivity index (χ0n) is 19.0. The average molecular weight is 450 g/mol. The van der Waals surface area contributed by atoms with E-state index in [0.717, 1.165) is 38.5 Å². The first-order valence-corrected chi connectivity index (χ1v) is 11.2. The molecule has 166 valence electrons. The van der Waals surface area contributed by atoms with Crippen LogP contribution >= 0.6 is 11.3 Å². The van der Waals surface area contributed by atoms with Crippen molar-refractivity contribution in [2.45, 2.75) is 20.8 Å². The monoisotopic (exact) mass is 449 g/mol. The summed E-state index contributed by atoms with van der Waals surface area (Å²) in [5, 5.41) is 2.35. The third-order valence-corrected chi connectivity index (χ3v) is 6.49. The lowest BCUT2D eigenvalue weighted by Gasteiger charge is -2.20. The predicted molar refractivity (Wildman–Crippen MR) is 130 cm³/mol. The van der Waals surface area contributed by atoms with Crippen LogP contribution in [0, 0.1) is 13.8 Å². The average Bonchev–Trinajstić information content (AvgIpc) is 3.19. The predicted octanol–water partition coefficient (Wildman–Crippen LogP) is 4.54. The Balaban J connectivity index is 1.65. The summed E-state index contributed by atoms with van der Waals surface area (Å²) < 4.78 is 5.81. The third kappa shape index (κ3) is 4.24. The second-order valence-corrected chi connectivity index (χ2v) is 9.10. The fourth-order valence-corrected chi connectivity index (χ4v) is 4.79. The van der Waals surface area contributed by atoms with E-state index >= 15 is 0 Å². The molecule has 0 bridgehead atoms. The van der Waals surface area contributed by atoms with Crippen molar-refractivity contribution in [2.24, 2.45) is 0 Å². The number of fused-ring (bicyclic) bond motifs is 1. The van der Waals surface area contributed by atoms with E-state index in [-0.39, 0.29) is 5.91 Å². The molecule has 0 atom stereocenters. The molecular weight excluding hydrogens is 422 g/mol. The molecule has 0 saturated carbocycles. The summed E-state index contributed by atoms with van der Waals surface area (Å²) in [7, 11) is 4.05. The van der Waals surface area contributed by atoms with Gasteiger partial charge in [0.15, 0.2) is 5.82 Å². The van der Waals surface area contributed by atoms with Gasteiger partial charge < -0.3 is 9.64 Å². The number of benzene rings is 1. The Labute approximate surface area is 192 Å². The smallest absolute Gasteiger partial charge is 0.272 e. The molecule has 1 aliphatic rings. The van der Waals surface area contributed by atoms with Crippen LogP contribution in [-0.2, 0) is 4.79 Å². The summed E-state index contributed by atoms with van der Waals surface area (Å²) in [5.41, 5.74) is 6.55. The lowest BCUT2D eigenvalue weighted by molar-refractivity contribution is -0.123. The van der Waals surface area contributed by atoms with Gasteiger partial charge in [0.05, 0.1) is 11.1 Å². The number of allylic oxidation sites excluding steroid dienone is 1. The van der Waals surface area contributed by atoms with Crippen LogP contribution in [0.15, 0.2) is 48.2 Å². The molecule has 1 aromatic carbocycles. The second-order valence-electron chi connectivity index (χ2n) is 8.10. The van der Waals surface area contributed by atoms with Crippen molar-refractivity contribution in [1.82, 2.24) is 19.9 Å². The van der Waals surface area contributed by atoms with E-state index in [2.05, 4.69) is 45.9 Å². The van der Waals surface area contributed by atoms with Crippen molar-refractivity contribution in [2.75, 3.05) is 32.7 Å². The van der Waals surface area contributed by atoms with Crippen molar-refractivity contribution in [3.8, 4) is 16.2 Å². The van der Waals surface area contributed by atoms with Gasteiger partial charge in [0.2, 0.25) is 0 Å². The zero-order valence-corrected chi connectivity index (χ0v) is 19.8. The van der Waals surface area contributed by atoms with Gasteiger partial charge in [-0.05, 0) is 76.3 Å². The van der Waals surface area contributed by atoms with Crippen LogP contribution in [0.5, 0.6) is 5.75 Å². The highest BCUT2D eigenvalue weighted by atomic mass is 32.1. The van der Waals surface area contributed by atoms with Gasteiger partial charge in [-0.15, -0.1) is 11.3 Å². The Morgan fingerprint density at radius 3 is 2.50 bits per heavy atom. The number of aromatic nitrogens is 2. The molecule has 0 saturated heterocycles. The van der Waals surface area contributed by atoms with E-state index in [9.17, 15) is 4.79 Å². The van der Waals surface area contributed by atoms with Crippen molar-refractivity contribution in [1.29, 1.82) is 0 Å². The van der Waals surface area contributed by atoms with E-state index in [0.29, 0.717) is 29.5 Å². The van der Waals surface area contributed by atoms with E-state index in [1.807, 2.05) is 33.2 Å². The first-order chi connectivity index (χ1) is 15.2. The van der Waals surface area contributed by atoms with E-state index in [4.69, 9.17) is 4.74 Å². The van der Waals surface area contributed by atoms with Crippen molar-refractivity contribution in [3.05, 3.63) is 59.6 Å². The van der Waals surface area contributed by atoms with Crippen LogP contribution in [-0.4, -0.2) is 53.0 Å². The number of nitrogens with one attached hydrogen (secondary N) is 1. The standard InChI is InChI=1S/C24H27N5O2S/c1-14-13-15(2)29(24(14)30)27-22-20-16(3)21(32-23(20)26-17(4)25-22)18-7-9-19(10-8-18)31-12-11-28(5)6/h7-10,13H,2,11-12H2,1,3-6H3,(H,25,26,27). The highest BCUT2D eigenvalue weighted by molar-refractivity contribution is 7.22. The number of carbonyl (C=O) groups excluding carboxylic acids is 1. The highest BCUT2D eigenvalue weighted by Crippen LogP contribution is 2.40. The minimum atomic E-state index is -0.127. The minimum Gasteiger partial charge on any atom is -0.492 e. The minimum absolute atomic E-state index is 0.127. The highest BCUT2D eigenvalue weighted by Gasteiger charge is 2.26. The van der Waals surface area contributed by atoms with Crippen molar-refractivity contribution in [3.63, 3.8) is 0 Å². The number of ether oxygens (including phenoxy) is 1. The Bertz CT molecular complexity index is 1230. The molecule has 2 aromatic heterocycles. The van der Waals surface area contributed by atoms with E-state index in [1.54, 1.807) is 24.3 Å².